The molecule has 1 aliphatic heterocycles. The zero-order valence-corrected chi connectivity index (χ0v) is 9.49. The number of cyclic esters (lactones) is 2. The van der Waals surface area contributed by atoms with Crippen LogP contribution >= 0.6 is 0 Å². The molecule has 0 aromatic rings. The SMILES string of the molecule is CCC(CC1C(=O)OC(=O)C1CC)OC. The molecule has 0 amide bonds. The average Bonchev–Trinajstić information content (AvgIpc) is 2.49. The highest BCUT2D eigenvalue weighted by molar-refractivity contribution is 5.96. The summed E-state index contributed by atoms with van der Waals surface area (Å²) in [5, 5.41) is 0. The summed E-state index contributed by atoms with van der Waals surface area (Å²) in [6.45, 7) is 3.89. The molecule has 0 spiro atoms. The molecule has 0 saturated carbocycles. The molecule has 4 heteroatoms. The number of rotatable bonds is 5. The minimum Gasteiger partial charge on any atom is -0.393 e. The van der Waals surface area contributed by atoms with Crippen molar-refractivity contribution in [3.05, 3.63) is 0 Å². The Labute approximate surface area is 89.9 Å². The number of hydrogen-bond donors (Lipinski definition) is 0. The van der Waals surface area contributed by atoms with Crippen LogP contribution in [0.2, 0.25) is 0 Å². The van der Waals surface area contributed by atoms with Crippen molar-refractivity contribution >= 4 is 11.9 Å². The van der Waals surface area contributed by atoms with Crippen LogP contribution in [0.3, 0.4) is 0 Å². The smallest absolute Gasteiger partial charge is 0.317 e. The monoisotopic (exact) mass is 214 g/mol. The second-order valence-electron chi connectivity index (χ2n) is 3.86. The molecule has 86 valence electrons. The summed E-state index contributed by atoms with van der Waals surface area (Å²) < 4.78 is 9.85. The zero-order chi connectivity index (χ0) is 11.4. The first kappa shape index (κ1) is 12.2. The van der Waals surface area contributed by atoms with Crippen molar-refractivity contribution in [2.75, 3.05) is 7.11 Å². The molecule has 3 unspecified atom stereocenters. The van der Waals surface area contributed by atoms with Crippen LogP contribution in [0, 0.1) is 11.8 Å². The lowest BCUT2D eigenvalue weighted by Gasteiger charge is -2.18. The summed E-state index contributed by atoms with van der Waals surface area (Å²) in [7, 11) is 1.62. The van der Waals surface area contributed by atoms with Gasteiger partial charge in [-0.05, 0) is 19.3 Å². The van der Waals surface area contributed by atoms with Crippen LogP contribution in [-0.4, -0.2) is 25.2 Å². The highest BCUT2D eigenvalue weighted by atomic mass is 16.6. The summed E-state index contributed by atoms with van der Waals surface area (Å²) in [6.07, 6.45) is 2.10. The third-order valence-corrected chi connectivity index (χ3v) is 3.04. The Balaban J connectivity index is 2.66. The Morgan fingerprint density at radius 3 is 2.33 bits per heavy atom. The van der Waals surface area contributed by atoms with E-state index in [4.69, 9.17) is 4.74 Å². The maximum Gasteiger partial charge on any atom is 0.317 e. The van der Waals surface area contributed by atoms with Gasteiger partial charge in [0.25, 0.3) is 0 Å². The van der Waals surface area contributed by atoms with E-state index in [-0.39, 0.29) is 29.9 Å². The van der Waals surface area contributed by atoms with Crippen LogP contribution in [-0.2, 0) is 19.1 Å². The maximum atomic E-state index is 11.4. The summed E-state index contributed by atoms with van der Waals surface area (Å²) in [4.78, 5) is 22.7. The van der Waals surface area contributed by atoms with Gasteiger partial charge in [0, 0.05) is 7.11 Å². The van der Waals surface area contributed by atoms with Crippen LogP contribution in [0.15, 0.2) is 0 Å². The highest BCUT2D eigenvalue weighted by Gasteiger charge is 2.43. The standard InChI is InChI=1S/C11H18O4/c1-4-7(14-3)6-9-8(5-2)10(12)15-11(9)13/h7-9H,4-6H2,1-3H3. The highest BCUT2D eigenvalue weighted by Crippen LogP contribution is 2.31. The average molecular weight is 214 g/mol. The van der Waals surface area contributed by atoms with Crippen LogP contribution in [0.25, 0.3) is 0 Å². The molecule has 15 heavy (non-hydrogen) atoms. The molecule has 0 N–H and O–H groups in total. The number of hydrogen-bond acceptors (Lipinski definition) is 4. The van der Waals surface area contributed by atoms with Crippen molar-refractivity contribution < 1.29 is 19.1 Å². The molecule has 1 rings (SSSR count). The second kappa shape index (κ2) is 5.26. The third kappa shape index (κ3) is 2.56. The second-order valence-corrected chi connectivity index (χ2v) is 3.86. The predicted molar refractivity (Wildman–Crippen MR) is 54.1 cm³/mol. The first-order valence-corrected chi connectivity index (χ1v) is 5.42. The van der Waals surface area contributed by atoms with Gasteiger partial charge in [-0.25, -0.2) is 0 Å². The van der Waals surface area contributed by atoms with E-state index in [0.29, 0.717) is 12.8 Å². The number of methoxy groups -OCH3 is 1. The Bertz CT molecular complexity index is 245. The van der Waals surface area contributed by atoms with E-state index in [0.717, 1.165) is 6.42 Å². The number of ether oxygens (including phenoxy) is 2. The Hall–Kier alpha value is -0.900. The quantitative estimate of drug-likeness (QED) is 0.514. The first-order valence-electron chi connectivity index (χ1n) is 5.42. The molecule has 1 aliphatic rings. The molecule has 0 bridgehead atoms. The Morgan fingerprint density at radius 2 is 1.87 bits per heavy atom. The van der Waals surface area contributed by atoms with Gasteiger partial charge in [-0.3, -0.25) is 9.59 Å². The van der Waals surface area contributed by atoms with Gasteiger partial charge in [0.1, 0.15) is 0 Å². The third-order valence-electron chi connectivity index (χ3n) is 3.04. The van der Waals surface area contributed by atoms with Crippen molar-refractivity contribution in [3.63, 3.8) is 0 Å². The zero-order valence-electron chi connectivity index (χ0n) is 9.49. The van der Waals surface area contributed by atoms with Crippen LogP contribution in [0.5, 0.6) is 0 Å². The molecule has 0 aliphatic carbocycles. The molecule has 0 aromatic heterocycles. The fraction of sp³-hybridized carbons (Fsp3) is 0.818. The number of esters is 2. The van der Waals surface area contributed by atoms with E-state index in [9.17, 15) is 9.59 Å². The molecule has 4 nitrogen and oxygen atoms in total. The van der Waals surface area contributed by atoms with Gasteiger partial charge < -0.3 is 9.47 Å². The predicted octanol–water partition coefficient (Wildman–Crippen LogP) is 1.53. The van der Waals surface area contributed by atoms with Crippen molar-refractivity contribution in [1.29, 1.82) is 0 Å². The van der Waals surface area contributed by atoms with Crippen molar-refractivity contribution in [2.45, 2.75) is 39.2 Å². The topological polar surface area (TPSA) is 52.6 Å². The fourth-order valence-corrected chi connectivity index (χ4v) is 2.00. The van der Waals surface area contributed by atoms with Gasteiger partial charge >= 0.3 is 11.9 Å². The van der Waals surface area contributed by atoms with Gasteiger partial charge in [-0.15, -0.1) is 0 Å². The van der Waals surface area contributed by atoms with Crippen molar-refractivity contribution in [3.8, 4) is 0 Å². The van der Waals surface area contributed by atoms with E-state index < -0.39 is 0 Å². The van der Waals surface area contributed by atoms with E-state index in [1.54, 1.807) is 7.11 Å². The van der Waals surface area contributed by atoms with E-state index in [2.05, 4.69) is 4.74 Å². The fourth-order valence-electron chi connectivity index (χ4n) is 2.00. The lowest BCUT2D eigenvalue weighted by molar-refractivity contribution is -0.154. The van der Waals surface area contributed by atoms with E-state index in [1.807, 2.05) is 13.8 Å². The van der Waals surface area contributed by atoms with Crippen molar-refractivity contribution in [2.24, 2.45) is 11.8 Å². The minimum absolute atomic E-state index is 0.0301. The van der Waals surface area contributed by atoms with Gasteiger partial charge in [0.05, 0.1) is 17.9 Å². The van der Waals surface area contributed by atoms with Gasteiger partial charge in [-0.1, -0.05) is 13.8 Å². The molecule has 1 heterocycles. The van der Waals surface area contributed by atoms with E-state index in [1.165, 1.54) is 0 Å². The normalized spacial score (nSPS) is 27.9. The summed E-state index contributed by atoms with van der Waals surface area (Å²) in [5.74, 6) is -1.35. The summed E-state index contributed by atoms with van der Waals surface area (Å²) in [5.41, 5.74) is 0. The Kier molecular flexibility index (Phi) is 4.27. The summed E-state index contributed by atoms with van der Waals surface area (Å²) in [6, 6.07) is 0. The largest absolute Gasteiger partial charge is 0.393 e. The molecule has 0 aromatic carbocycles. The van der Waals surface area contributed by atoms with Gasteiger partial charge in [0.15, 0.2) is 0 Å². The van der Waals surface area contributed by atoms with Gasteiger partial charge in [-0.2, -0.15) is 0 Å². The minimum atomic E-state index is -0.387. The van der Waals surface area contributed by atoms with Crippen LogP contribution in [0.4, 0.5) is 0 Å². The molecule has 1 fully saturated rings. The number of carbonyl (C=O) groups is 2. The molecular formula is C11H18O4. The Morgan fingerprint density at radius 1 is 1.27 bits per heavy atom. The van der Waals surface area contributed by atoms with E-state index >= 15 is 0 Å². The summed E-state index contributed by atoms with van der Waals surface area (Å²) >= 11 is 0. The molecule has 3 atom stereocenters. The van der Waals surface area contributed by atoms with Crippen LogP contribution in [0.1, 0.15) is 33.1 Å². The first-order chi connectivity index (χ1) is 7.13. The van der Waals surface area contributed by atoms with Gasteiger partial charge in [0.2, 0.25) is 0 Å². The lowest BCUT2D eigenvalue weighted by atomic mass is 9.87. The van der Waals surface area contributed by atoms with Crippen LogP contribution < -0.4 is 0 Å². The number of carbonyl (C=O) groups excluding carboxylic acids is 2. The van der Waals surface area contributed by atoms with Crippen molar-refractivity contribution in [1.82, 2.24) is 0 Å². The lowest BCUT2D eigenvalue weighted by Crippen LogP contribution is -2.23. The maximum absolute atomic E-state index is 11.4. The molecule has 0 radical (unpaired) electrons. The molecule has 1 saturated heterocycles. The molecular weight excluding hydrogens is 196 g/mol.